The minimum absolute atomic E-state index is 0.0680. The summed E-state index contributed by atoms with van der Waals surface area (Å²) in [5, 5.41) is 2.57. The molecular formula is C46H43N. The Kier molecular flexibility index (Phi) is 6.05. The molecule has 0 amide bonds. The fraction of sp³-hybridized carbons (Fsp3) is 0.261. The summed E-state index contributed by atoms with van der Waals surface area (Å²) in [7, 11) is 0. The van der Waals surface area contributed by atoms with Crippen molar-refractivity contribution in [3.63, 3.8) is 0 Å². The summed E-state index contributed by atoms with van der Waals surface area (Å²) >= 11 is 0. The third-order valence-corrected chi connectivity index (χ3v) is 11.8. The molecule has 0 bridgehead atoms. The van der Waals surface area contributed by atoms with Crippen LogP contribution < -0.4 is 4.90 Å². The van der Waals surface area contributed by atoms with Gasteiger partial charge in [0, 0.05) is 27.6 Å². The highest BCUT2D eigenvalue weighted by Gasteiger charge is 2.45. The monoisotopic (exact) mass is 609 g/mol. The Labute approximate surface area is 279 Å². The molecule has 0 aromatic heterocycles. The van der Waals surface area contributed by atoms with Crippen LogP contribution in [0.1, 0.15) is 88.1 Å². The van der Waals surface area contributed by atoms with Crippen molar-refractivity contribution in [1.82, 2.24) is 0 Å². The molecule has 1 nitrogen and oxygen atoms in total. The van der Waals surface area contributed by atoms with Crippen LogP contribution in [0.4, 0.5) is 17.1 Å². The minimum atomic E-state index is -0.0680. The molecule has 0 saturated heterocycles. The Morgan fingerprint density at radius 3 is 1.83 bits per heavy atom. The zero-order valence-electron chi connectivity index (χ0n) is 28.3. The topological polar surface area (TPSA) is 3.24 Å². The van der Waals surface area contributed by atoms with E-state index in [2.05, 4.69) is 161 Å². The summed E-state index contributed by atoms with van der Waals surface area (Å²) in [6.07, 6.45) is 5.05. The fourth-order valence-corrected chi connectivity index (χ4v) is 9.29. The van der Waals surface area contributed by atoms with E-state index >= 15 is 0 Å². The summed E-state index contributed by atoms with van der Waals surface area (Å²) in [6, 6.07) is 46.6. The first-order valence-electron chi connectivity index (χ1n) is 17.5. The van der Waals surface area contributed by atoms with E-state index in [-0.39, 0.29) is 16.2 Å². The van der Waals surface area contributed by atoms with Gasteiger partial charge in [0.1, 0.15) is 0 Å². The van der Waals surface area contributed by atoms with Crippen LogP contribution in [-0.4, -0.2) is 0 Å². The highest BCUT2D eigenvalue weighted by atomic mass is 15.1. The molecule has 3 aliphatic rings. The van der Waals surface area contributed by atoms with E-state index in [0.29, 0.717) is 0 Å². The second-order valence-corrected chi connectivity index (χ2v) is 15.8. The summed E-state index contributed by atoms with van der Waals surface area (Å²) in [5.41, 5.74) is 16.6. The zero-order valence-corrected chi connectivity index (χ0v) is 28.3. The van der Waals surface area contributed by atoms with Crippen LogP contribution in [0.3, 0.4) is 0 Å². The van der Waals surface area contributed by atoms with Crippen molar-refractivity contribution in [3.05, 3.63) is 149 Å². The first-order valence-corrected chi connectivity index (χ1v) is 17.5. The zero-order chi connectivity index (χ0) is 32.1. The van der Waals surface area contributed by atoms with Gasteiger partial charge in [-0.2, -0.15) is 0 Å². The van der Waals surface area contributed by atoms with Gasteiger partial charge < -0.3 is 4.90 Å². The fourth-order valence-electron chi connectivity index (χ4n) is 9.29. The number of anilines is 3. The maximum Gasteiger partial charge on any atom is 0.0540 e. The van der Waals surface area contributed by atoms with E-state index in [1.807, 2.05) is 0 Å². The number of fused-ring (bicyclic) bond motifs is 9. The largest absolute Gasteiger partial charge is 0.310 e. The van der Waals surface area contributed by atoms with Gasteiger partial charge in [-0.15, -0.1) is 0 Å². The standard InChI is InChI=1S/C46H43N/c1-44(2,3)31-19-22-34-30(27-31)13-12-18-43(34)47(32-20-23-37-35-14-6-8-16-39(35)45(4,5)41(37)28-32)33-21-24-38-36-15-7-9-17-40(36)46(42(38)29-33)25-10-11-26-46/h6-9,12-24,27-29H,10-11,25-26H2,1-5H3. The molecule has 3 aliphatic carbocycles. The van der Waals surface area contributed by atoms with E-state index in [9.17, 15) is 0 Å². The van der Waals surface area contributed by atoms with Gasteiger partial charge in [0.05, 0.1) is 5.69 Å². The summed E-state index contributed by atoms with van der Waals surface area (Å²) in [6.45, 7) is 11.7. The molecule has 6 aromatic carbocycles. The molecule has 0 radical (unpaired) electrons. The minimum Gasteiger partial charge on any atom is -0.310 e. The molecule has 47 heavy (non-hydrogen) atoms. The van der Waals surface area contributed by atoms with Crippen LogP contribution in [0.25, 0.3) is 33.0 Å². The molecule has 0 aliphatic heterocycles. The maximum atomic E-state index is 2.55. The summed E-state index contributed by atoms with van der Waals surface area (Å²) in [5.74, 6) is 0. The number of hydrogen-bond donors (Lipinski definition) is 0. The Morgan fingerprint density at radius 2 is 1.13 bits per heavy atom. The lowest BCUT2D eigenvalue weighted by Gasteiger charge is -2.31. The second-order valence-electron chi connectivity index (χ2n) is 15.8. The van der Waals surface area contributed by atoms with Crippen molar-refractivity contribution in [3.8, 4) is 22.3 Å². The van der Waals surface area contributed by atoms with E-state index in [1.165, 1.54) is 104 Å². The van der Waals surface area contributed by atoms with Gasteiger partial charge in [-0.05, 0) is 104 Å². The third kappa shape index (κ3) is 4.08. The van der Waals surface area contributed by atoms with Crippen LogP contribution in [0.5, 0.6) is 0 Å². The number of benzene rings is 6. The first kappa shape index (κ1) is 28.6. The molecule has 1 spiro atoms. The SMILES string of the molecule is CC(C)(C)c1ccc2c(N(c3ccc4c(c3)C(C)(C)c3ccccc3-4)c3ccc4c(c3)C3(CCCC3)c3ccccc3-4)cccc2c1. The van der Waals surface area contributed by atoms with E-state index in [1.54, 1.807) is 0 Å². The van der Waals surface area contributed by atoms with E-state index in [0.717, 1.165) is 0 Å². The Bertz CT molecular complexity index is 2220. The predicted molar refractivity (Wildman–Crippen MR) is 200 cm³/mol. The molecule has 232 valence electrons. The normalized spacial score (nSPS) is 16.6. The maximum absolute atomic E-state index is 2.55. The second kappa shape index (κ2) is 9.94. The van der Waals surface area contributed by atoms with Gasteiger partial charge in [-0.1, -0.05) is 138 Å². The summed E-state index contributed by atoms with van der Waals surface area (Å²) < 4.78 is 0. The van der Waals surface area contributed by atoms with Gasteiger partial charge >= 0.3 is 0 Å². The molecule has 6 aromatic rings. The van der Waals surface area contributed by atoms with Crippen molar-refractivity contribution in [2.45, 2.75) is 76.5 Å². The van der Waals surface area contributed by atoms with Gasteiger partial charge in [-0.3, -0.25) is 0 Å². The van der Waals surface area contributed by atoms with Crippen molar-refractivity contribution in [2.24, 2.45) is 0 Å². The molecule has 0 heterocycles. The lowest BCUT2D eigenvalue weighted by molar-refractivity contribution is 0.550. The summed E-state index contributed by atoms with van der Waals surface area (Å²) in [4.78, 5) is 2.55. The molecule has 0 atom stereocenters. The van der Waals surface area contributed by atoms with E-state index in [4.69, 9.17) is 0 Å². The van der Waals surface area contributed by atoms with Crippen molar-refractivity contribution >= 4 is 27.8 Å². The third-order valence-electron chi connectivity index (χ3n) is 11.8. The van der Waals surface area contributed by atoms with Crippen LogP contribution in [0.2, 0.25) is 0 Å². The van der Waals surface area contributed by atoms with Crippen LogP contribution >= 0.6 is 0 Å². The van der Waals surface area contributed by atoms with Crippen molar-refractivity contribution in [1.29, 1.82) is 0 Å². The Morgan fingerprint density at radius 1 is 0.532 bits per heavy atom. The Balaban J connectivity index is 1.28. The van der Waals surface area contributed by atoms with Crippen LogP contribution in [0, 0.1) is 0 Å². The number of rotatable bonds is 3. The lowest BCUT2D eigenvalue weighted by Crippen LogP contribution is -2.21. The lowest BCUT2D eigenvalue weighted by atomic mass is 9.76. The smallest absolute Gasteiger partial charge is 0.0540 e. The van der Waals surface area contributed by atoms with Gasteiger partial charge in [0.2, 0.25) is 0 Å². The quantitative estimate of drug-likeness (QED) is 0.193. The van der Waals surface area contributed by atoms with Gasteiger partial charge in [0.15, 0.2) is 0 Å². The number of hydrogen-bond acceptors (Lipinski definition) is 1. The molecule has 1 saturated carbocycles. The predicted octanol–water partition coefficient (Wildman–Crippen LogP) is 12.8. The highest BCUT2D eigenvalue weighted by Crippen LogP contribution is 2.58. The van der Waals surface area contributed by atoms with Gasteiger partial charge in [0.25, 0.3) is 0 Å². The molecule has 1 fully saturated rings. The van der Waals surface area contributed by atoms with Crippen LogP contribution in [0.15, 0.2) is 121 Å². The highest BCUT2D eigenvalue weighted by molar-refractivity contribution is 6.00. The molecule has 1 heteroatoms. The van der Waals surface area contributed by atoms with E-state index < -0.39 is 0 Å². The molecule has 0 unspecified atom stereocenters. The van der Waals surface area contributed by atoms with Crippen molar-refractivity contribution in [2.75, 3.05) is 4.90 Å². The first-order chi connectivity index (χ1) is 22.7. The Hall–Kier alpha value is -4.62. The van der Waals surface area contributed by atoms with Crippen LogP contribution in [-0.2, 0) is 16.2 Å². The van der Waals surface area contributed by atoms with Gasteiger partial charge in [-0.25, -0.2) is 0 Å². The average molecular weight is 610 g/mol. The molecule has 9 rings (SSSR count). The van der Waals surface area contributed by atoms with Crippen molar-refractivity contribution < 1.29 is 0 Å². The average Bonchev–Trinajstić information content (AvgIpc) is 3.74. The molecular weight excluding hydrogens is 567 g/mol. The number of nitrogens with zero attached hydrogens (tertiary/aromatic N) is 1. The molecule has 0 N–H and O–H groups in total.